The quantitative estimate of drug-likeness (QED) is 0.564. The van der Waals surface area contributed by atoms with E-state index in [2.05, 4.69) is 10.6 Å². The molecule has 1 aliphatic rings. The van der Waals surface area contributed by atoms with Crippen molar-refractivity contribution in [3.63, 3.8) is 0 Å². The molecule has 0 aromatic heterocycles. The number of ether oxygens (including phenoxy) is 1. The van der Waals surface area contributed by atoms with E-state index >= 15 is 0 Å². The lowest BCUT2D eigenvalue weighted by molar-refractivity contribution is -0.129. The minimum Gasteiger partial charge on any atom is -0.394 e. The summed E-state index contributed by atoms with van der Waals surface area (Å²) in [5.41, 5.74) is 0. The molecule has 2 atom stereocenters. The van der Waals surface area contributed by atoms with Gasteiger partial charge >= 0.3 is 6.03 Å². The molecule has 1 aliphatic heterocycles. The van der Waals surface area contributed by atoms with Crippen molar-refractivity contribution < 1.29 is 19.4 Å². The minimum atomic E-state index is -0.520. The summed E-state index contributed by atoms with van der Waals surface area (Å²) in [7, 11) is 1.45. The number of rotatable bonds is 3. The van der Waals surface area contributed by atoms with Crippen LogP contribution in [0.2, 0.25) is 0 Å². The Bertz CT molecular complexity index is 285. The van der Waals surface area contributed by atoms with Crippen molar-refractivity contribution in [2.75, 3.05) is 33.4 Å². The molecule has 98 valence electrons. The highest BCUT2D eigenvalue weighted by atomic mass is 16.5. The lowest BCUT2D eigenvalue weighted by Gasteiger charge is -2.35. The number of urea groups is 1. The van der Waals surface area contributed by atoms with Crippen LogP contribution in [0.15, 0.2) is 0 Å². The van der Waals surface area contributed by atoms with Gasteiger partial charge in [-0.25, -0.2) is 4.79 Å². The summed E-state index contributed by atoms with van der Waals surface area (Å²) in [6, 6.07) is -0.945. The third kappa shape index (κ3) is 3.95. The molecule has 0 radical (unpaired) electrons. The third-order valence-corrected chi connectivity index (χ3v) is 2.76. The van der Waals surface area contributed by atoms with Crippen LogP contribution >= 0.6 is 0 Å². The molecule has 1 heterocycles. The first kappa shape index (κ1) is 13.9. The number of hydrogen-bond acceptors (Lipinski definition) is 5. The van der Waals surface area contributed by atoms with Gasteiger partial charge in [-0.05, 0) is 6.92 Å². The number of aliphatic hydroxyl groups is 1. The van der Waals surface area contributed by atoms with Crippen LogP contribution in [0, 0.1) is 0 Å². The van der Waals surface area contributed by atoms with Gasteiger partial charge in [0.1, 0.15) is 0 Å². The van der Waals surface area contributed by atoms with Gasteiger partial charge in [-0.15, -0.1) is 0 Å². The molecule has 0 bridgehead atoms. The maximum absolute atomic E-state index is 11.7. The van der Waals surface area contributed by atoms with E-state index < -0.39 is 12.1 Å². The van der Waals surface area contributed by atoms with E-state index in [1.54, 1.807) is 6.92 Å². The van der Waals surface area contributed by atoms with Crippen LogP contribution in [0.25, 0.3) is 0 Å². The van der Waals surface area contributed by atoms with Crippen molar-refractivity contribution >= 4 is 11.9 Å². The van der Waals surface area contributed by atoms with Crippen LogP contribution in [-0.2, 0) is 9.53 Å². The Kier molecular flexibility index (Phi) is 5.33. The zero-order valence-electron chi connectivity index (χ0n) is 10.1. The van der Waals surface area contributed by atoms with Crippen LogP contribution in [0.1, 0.15) is 6.92 Å². The Morgan fingerprint density at radius 1 is 1.59 bits per heavy atom. The molecule has 0 saturated carbocycles. The van der Waals surface area contributed by atoms with E-state index in [0.29, 0.717) is 19.7 Å². The van der Waals surface area contributed by atoms with Crippen molar-refractivity contribution in [2.45, 2.75) is 19.1 Å². The fourth-order valence-electron chi connectivity index (χ4n) is 1.65. The Balaban J connectivity index is 2.47. The first-order chi connectivity index (χ1) is 8.08. The van der Waals surface area contributed by atoms with Gasteiger partial charge in [0.2, 0.25) is 5.91 Å². The topological polar surface area (TPSA) is 90.9 Å². The molecule has 2 unspecified atom stereocenters. The molecular weight excluding hydrogens is 226 g/mol. The van der Waals surface area contributed by atoms with Gasteiger partial charge < -0.3 is 15.2 Å². The number of hydrogen-bond donors (Lipinski definition) is 3. The first-order valence-corrected chi connectivity index (χ1v) is 5.57. The number of amides is 3. The van der Waals surface area contributed by atoms with Gasteiger partial charge in [0, 0.05) is 20.1 Å². The number of nitrogens with zero attached hydrogens (tertiary/aromatic N) is 1. The van der Waals surface area contributed by atoms with Gasteiger partial charge in [-0.3, -0.25) is 15.0 Å². The number of carbonyl (C=O) groups excluding carboxylic acids is 2. The number of aliphatic hydroxyl groups excluding tert-OH is 1. The second-order valence-electron chi connectivity index (χ2n) is 3.91. The lowest BCUT2D eigenvalue weighted by Crippen LogP contribution is -2.54. The van der Waals surface area contributed by atoms with Gasteiger partial charge in [0.05, 0.1) is 25.4 Å². The van der Waals surface area contributed by atoms with E-state index in [0.717, 1.165) is 0 Å². The molecule has 7 heteroatoms. The summed E-state index contributed by atoms with van der Waals surface area (Å²) in [6.07, 6.45) is -0.265. The van der Waals surface area contributed by atoms with Crippen molar-refractivity contribution in [3.05, 3.63) is 0 Å². The summed E-state index contributed by atoms with van der Waals surface area (Å²) < 4.78 is 5.29. The molecule has 0 aromatic rings. The summed E-state index contributed by atoms with van der Waals surface area (Å²) in [6.45, 7) is 3.22. The van der Waals surface area contributed by atoms with Crippen LogP contribution in [0.4, 0.5) is 4.79 Å². The Hall–Kier alpha value is -1.18. The average molecular weight is 245 g/mol. The number of carbonyl (C=O) groups is 2. The Morgan fingerprint density at radius 2 is 2.29 bits per heavy atom. The summed E-state index contributed by atoms with van der Waals surface area (Å²) in [5, 5.41) is 13.5. The lowest BCUT2D eigenvalue weighted by atomic mass is 10.2. The largest absolute Gasteiger partial charge is 0.394 e. The maximum atomic E-state index is 11.7. The SMILES string of the molecule is CNC(=O)NC(=O)C(C)N1CCOC(CO)C1. The molecule has 1 fully saturated rings. The molecule has 3 amide bonds. The predicted molar refractivity (Wildman–Crippen MR) is 60.5 cm³/mol. The van der Waals surface area contributed by atoms with Crippen molar-refractivity contribution in [3.8, 4) is 0 Å². The van der Waals surface area contributed by atoms with E-state index in [-0.39, 0.29) is 18.6 Å². The fraction of sp³-hybridized carbons (Fsp3) is 0.800. The summed E-state index contributed by atoms with van der Waals surface area (Å²) in [4.78, 5) is 24.6. The monoisotopic (exact) mass is 245 g/mol. The Labute approximate surface area is 100 Å². The van der Waals surface area contributed by atoms with Crippen molar-refractivity contribution in [1.29, 1.82) is 0 Å². The molecule has 0 spiro atoms. The third-order valence-electron chi connectivity index (χ3n) is 2.76. The maximum Gasteiger partial charge on any atom is 0.321 e. The highest BCUT2D eigenvalue weighted by Gasteiger charge is 2.28. The van der Waals surface area contributed by atoms with E-state index in [4.69, 9.17) is 9.84 Å². The molecular formula is C10H19N3O4. The molecule has 1 rings (SSSR count). The molecule has 7 nitrogen and oxygen atoms in total. The second kappa shape index (κ2) is 6.53. The van der Waals surface area contributed by atoms with Gasteiger partial charge in [-0.2, -0.15) is 0 Å². The van der Waals surface area contributed by atoms with E-state index in [9.17, 15) is 9.59 Å². The minimum absolute atomic E-state index is 0.0692. The highest BCUT2D eigenvalue weighted by Crippen LogP contribution is 2.08. The summed E-state index contributed by atoms with van der Waals surface area (Å²) in [5.74, 6) is -0.358. The van der Waals surface area contributed by atoms with Gasteiger partial charge in [0.25, 0.3) is 0 Å². The van der Waals surface area contributed by atoms with Crippen molar-refractivity contribution in [1.82, 2.24) is 15.5 Å². The normalized spacial score (nSPS) is 22.9. The van der Waals surface area contributed by atoms with Crippen LogP contribution < -0.4 is 10.6 Å². The zero-order valence-corrected chi connectivity index (χ0v) is 10.1. The van der Waals surface area contributed by atoms with Crippen molar-refractivity contribution in [2.24, 2.45) is 0 Å². The predicted octanol–water partition coefficient (Wildman–Crippen LogP) is -1.48. The van der Waals surface area contributed by atoms with E-state index in [1.165, 1.54) is 7.05 Å². The number of morpholine rings is 1. The smallest absolute Gasteiger partial charge is 0.321 e. The number of nitrogens with one attached hydrogen (secondary N) is 2. The van der Waals surface area contributed by atoms with Crippen LogP contribution in [0.3, 0.4) is 0 Å². The molecule has 1 saturated heterocycles. The summed E-state index contributed by atoms with van der Waals surface area (Å²) >= 11 is 0. The number of imide groups is 1. The van der Waals surface area contributed by atoms with E-state index in [1.807, 2.05) is 4.90 Å². The van der Waals surface area contributed by atoms with Gasteiger partial charge in [0.15, 0.2) is 0 Å². The van der Waals surface area contributed by atoms with Crippen LogP contribution in [-0.4, -0.2) is 67.4 Å². The second-order valence-corrected chi connectivity index (χ2v) is 3.91. The molecule has 0 aromatic carbocycles. The van der Waals surface area contributed by atoms with Crippen LogP contribution in [0.5, 0.6) is 0 Å². The molecule has 17 heavy (non-hydrogen) atoms. The molecule has 3 N–H and O–H groups in total. The fourth-order valence-corrected chi connectivity index (χ4v) is 1.65. The highest BCUT2D eigenvalue weighted by molar-refractivity contribution is 5.96. The first-order valence-electron chi connectivity index (χ1n) is 5.57. The standard InChI is InChI=1S/C10H19N3O4/c1-7(9(15)12-10(16)11-2)13-3-4-17-8(5-13)6-14/h7-8,14H,3-6H2,1-2H3,(H2,11,12,15,16). The Morgan fingerprint density at radius 3 is 2.88 bits per heavy atom. The average Bonchev–Trinajstić information content (AvgIpc) is 2.37. The van der Waals surface area contributed by atoms with Gasteiger partial charge in [-0.1, -0.05) is 0 Å². The molecule has 0 aliphatic carbocycles. The zero-order chi connectivity index (χ0) is 12.8.